The quantitative estimate of drug-likeness (QED) is 0.795. The van der Waals surface area contributed by atoms with E-state index in [0.29, 0.717) is 6.04 Å². The molecule has 0 spiro atoms. The topological polar surface area (TPSA) is 47.1 Å². The molecule has 1 aromatic heterocycles. The van der Waals surface area contributed by atoms with Gasteiger partial charge in [-0.05, 0) is 26.4 Å². The summed E-state index contributed by atoms with van der Waals surface area (Å²) in [7, 11) is 4.22. The third-order valence-corrected chi connectivity index (χ3v) is 3.37. The first kappa shape index (κ1) is 10.6. The highest BCUT2D eigenvalue weighted by Crippen LogP contribution is 2.31. The van der Waals surface area contributed by atoms with Gasteiger partial charge in [-0.3, -0.25) is 9.58 Å². The van der Waals surface area contributed by atoms with Crippen molar-refractivity contribution in [1.82, 2.24) is 14.7 Å². The number of fused-ring (bicyclic) bond motifs is 1. The molecular weight excluding hydrogens is 188 g/mol. The molecule has 1 aliphatic rings. The zero-order valence-electron chi connectivity index (χ0n) is 9.61. The smallest absolute Gasteiger partial charge is 0.0540 e. The van der Waals surface area contributed by atoms with E-state index in [2.05, 4.69) is 17.0 Å². The maximum Gasteiger partial charge on any atom is 0.0540 e. The lowest BCUT2D eigenvalue weighted by atomic mass is 9.96. The molecule has 1 atom stereocenters. The Morgan fingerprint density at radius 2 is 2.33 bits per heavy atom. The van der Waals surface area contributed by atoms with Crippen LogP contribution in [0.25, 0.3) is 0 Å². The Labute approximate surface area is 91.1 Å². The van der Waals surface area contributed by atoms with Crippen molar-refractivity contribution in [2.75, 3.05) is 20.1 Å². The van der Waals surface area contributed by atoms with Crippen molar-refractivity contribution in [3.63, 3.8) is 0 Å². The minimum Gasteiger partial charge on any atom is -0.330 e. The second kappa shape index (κ2) is 4.33. The number of likely N-dealkylation sites (N-methyl/N-ethyl adjacent to an activating group) is 1. The largest absolute Gasteiger partial charge is 0.330 e. The fourth-order valence-corrected chi connectivity index (χ4v) is 2.43. The number of aromatic nitrogens is 2. The molecule has 15 heavy (non-hydrogen) atoms. The van der Waals surface area contributed by atoms with Crippen molar-refractivity contribution in [2.24, 2.45) is 12.8 Å². The van der Waals surface area contributed by atoms with Gasteiger partial charge in [-0.15, -0.1) is 0 Å². The zero-order valence-corrected chi connectivity index (χ0v) is 9.61. The molecule has 1 aromatic rings. The summed E-state index contributed by atoms with van der Waals surface area (Å²) in [4.78, 5) is 2.42. The lowest BCUT2D eigenvalue weighted by Gasteiger charge is -2.32. The maximum absolute atomic E-state index is 5.58. The molecule has 0 radical (unpaired) electrons. The van der Waals surface area contributed by atoms with Crippen molar-refractivity contribution in [1.29, 1.82) is 0 Å². The third kappa shape index (κ3) is 1.92. The Bertz CT molecular complexity index is 331. The Hall–Kier alpha value is -0.870. The Morgan fingerprint density at radius 3 is 3.07 bits per heavy atom. The van der Waals surface area contributed by atoms with Crippen LogP contribution in [-0.2, 0) is 13.5 Å². The molecule has 4 heteroatoms. The van der Waals surface area contributed by atoms with E-state index in [4.69, 9.17) is 5.73 Å². The van der Waals surface area contributed by atoms with E-state index < -0.39 is 0 Å². The van der Waals surface area contributed by atoms with Crippen molar-refractivity contribution >= 4 is 0 Å². The molecule has 2 rings (SSSR count). The van der Waals surface area contributed by atoms with Gasteiger partial charge in [0.15, 0.2) is 0 Å². The van der Waals surface area contributed by atoms with Crippen LogP contribution in [0.1, 0.15) is 30.1 Å². The molecule has 1 aliphatic heterocycles. The number of hydrogen-bond acceptors (Lipinski definition) is 3. The molecule has 0 saturated carbocycles. The van der Waals surface area contributed by atoms with Crippen LogP contribution in [0.2, 0.25) is 0 Å². The van der Waals surface area contributed by atoms with Crippen LogP contribution >= 0.6 is 0 Å². The summed E-state index contributed by atoms with van der Waals surface area (Å²) < 4.78 is 2.01. The van der Waals surface area contributed by atoms with E-state index >= 15 is 0 Å². The van der Waals surface area contributed by atoms with Crippen molar-refractivity contribution in [3.8, 4) is 0 Å². The van der Waals surface area contributed by atoms with E-state index in [1.54, 1.807) is 0 Å². The molecule has 0 fully saturated rings. The highest BCUT2D eigenvalue weighted by Gasteiger charge is 2.26. The fraction of sp³-hybridized carbons (Fsp3) is 0.727. The van der Waals surface area contributed by atoms with Crippen molar-refractivity contribution in [3.05, 3.63) is 17.5 Å². The molecule has 0 aromatic carbocycles. The van der Waals surface area contributed by atoms with Crippen LogP contribution in [0.4, 0.5) is 0 Å². The van der Waals surface area contributed by atoms with Crippen LogP contribution in [0.5, 0.6) is 0 Å². The highest BCUT2D eigenvalue weighted by atomic mass is 15.3. The first-order valence-corrected chi connectivity index (χ1v) is 5.65. The average molecular weight is 208 g/mol. The Kier molecular flexibility index (Phi) is 3.07. The Morgan fingerprint density at radius 1 is 1.53 bits per heavy atom. The Balaban J connectivity index is 2.21. The van der Waals surface area contributed by atoms with Crippen LogP contribution in [0.15, 0.2) is 6.20 Å². The van der Waals surface area contributed by atoms with Gasteiger partial charge in [0.2, 0.25) is 0 Å². The van der Waals surface area contributed by atoms with E-state index in [9.17, 15) is 0 Å². The lowest BCUT2D eigenvalue weighted by molar-refractivity contribution is 0.215. The van der Waals surface area contributed by atoms with E-state index in [1.165, 1.54) is 11.3 Å². The van der Waals surface area contributed by atoms with E-state index in [-0.39, 0.29) is 0 Å². The first-order chi connectivity index (χ1) is 7.24. The zero-order chi connectivity index (χ0) is 10.8. The molecule has 84 valence electrons. The second-order valence-electron chi connectivity index (χ2n) is 4.35. The minimum atomic E-state index is 0.519. The van der Waals surface area contributed by atoms with Gasteiger partial charge in [0.25, 0.3) is 0 Å². The lowest BCUT2D eigenvalue weighted by Crippen LogP contribution is -2.32. The summed E-state index contributed by atoms with van der Waals surface area (Å²) in [5.41, 5.74) is 8.38. The number of nitrogens with zero attached hydrogens (tertiary/aromatic N) is 3. The summed E-state index contributed by atoms with van der Waals surface area (Å²) in [5.74, 6) is 0. The summed E-state index contributed by atoms with van der Waals surface area (Å²) in [6, 6.07) is 0.519. The predicted octanol–water partition coefficient (Wildman–Crippen LogP) is 0.688. The molecule has 2 N–H and O–H groups in total. The fourth-order valence-electron chi connectivity index (χ4n) is 2.43. The average Bonchev–Trinajstić information content (AvgIpc) is 2.59. The highest BCUT2D eigenvalue weighted by molar-refractivity contribution is 5.24. The van der Waals surface area contributed by atoms with Crippen LogP contribution in [0.3, 0.4) is 0 Å². The number of rotatable bonds is 3. The van der Waals surface area contributed by atoms with Gasteiger partial charge >= 0.3 is 0 Å². The van der Waals surface area contributed by atoms with Crippen LogP contribution < -0.4 is 5.73 Å². The molecule has 0 amide bonds. The molecule has 1 unspecified atom stereocenters. The van der Waals surface area contributed by atoms with Crippen LogP contribution in [0, 0.1) is 0 Å². The second-order valence-corrected chi connectivity index (χ2v) is 4.35. The van der Waals surface area contributed by atoms with Gasteiger partial charge in [0, 0.05) is 37.3 Å². The summed E-state index contributed by atoms with van der Waals surface area (Å²) in [6.07, 6.45) is 5.36. The molecule has 4 nitrogen and oxygen atoms in total. The monoisotopic (exact) mass is 208 g/mol. The van der Waals surface area contributed by atoms with Gasteiger partial charge in [0.05, 0.1) is 6.20 Å². The molecular formula is C11H20N4. The molecule has 2 heterocycles. The predicted molar refractivity (Wildman–Crippen MR) is 60.6 cm³/mol. The summed E-state index contributed by atoms with van der Waals surface area (Å²) in [5, 5.41) is 4.35. The normalized spacial score (nSPS) is 21.7. The van der Waals surface area contributed by atoms with E-state index in [0.717, 1.165) is 32.4 Å². The van der Waals surface area contributed by atoms with Gasteiger partial charge < -0.3 is 5.73 Å². The first-order valence-electron chi connectivity index (χ1n) is 5.65. The van der Waals surface area contributed by atoms with Crippen LogP contribution in [-0.4, -0.2) is 34.8 Å². The minimum absolute atomic E-state index is 0.519. The molecule has 0 bridgehead atoms. The number of aryl methyl sites for hydroxylation is 1. The van der Waals surface area contributed by atoms with Gasteiger partial charge in [-0.1, -0.05) is 0 Å². The van der Waals surface area contributed by atoms with Gasteiger partial charge in [-0.25, -0.2) is 0 Å². The standard InChI is InChI=1S/C11H20N4/c1-14-7-5-11-9(8-13-15(11)2)10(14)4-3-6-12/h8,10H,3-7,12H2,1-2H3. The molecule has 0 aliphatic carbocycles. The number of hydrogen-bond donors (Lipinski definition) is 1. The van der Waals surface area contributed by atoms with Gasteiger partial charge in [-0.2, -0.15) is 5.10 Å². The van der Waals surface area contributed by atoms with Gasteiger partial charge in [0.1, 0.15) is 0 Å². The summed E-state index contributed by atoms with van der Waals surface area (Å²) in [6.45, 7) is 1.90. The number of nitrogens with two attached hydrogens (primary N) is 1. The van der Waals surface area contributed by atoms with E-state index in [1.807, 2.05) is 17.9 Å². The van der Waals surface area contributed by atoms with Crippen molar-refractivity contribution < 1.29 is 0 Å². The third-order valence-electron chi connectivity index (χ3n) is 3.37. The maximum atomic E-state index is 5.58. The molecule has 0 saturated heterocycles. The summed E-state index contributed by atoms with van der Waals surface area (Å²) >= 11 is 0. The SMILES string of the molecule is CN1CCc2c(cnn2C)C1CCCN. The van der Waals surface area contributed by atoms with Crippen molar-refractivity contribution in [2.45, 2.75) is 25.3 Å².